The second kappa shape index (κ2) is 5.09. The molecule has 2 rings (SSSR count). The minimum atomic E-state index is -0.770. The molecule has 1 N–H and O–H groups in total. The molecule has 5 heteroatoms. The van der Waals surface area contributed by atoms with E-state index in [0.29, 0.717) is 12.3 Å². The first kappa shape index (κ1) is 11.1. The Morgan fingerprint density at radius 2 is 2.25 bits per heavy atom. The summed E-state index contributed by atoms with van der Waals surface area (Å²) in [6, 6.07) is 0. The maximum absolute atomic E-state index is 10.5. The van der Waals surface area contributed by atoms with Crippen molar-refractivity contribution in [3.05, 3.63) is 11.9 Å². The molecule has 0 amide bonds. The molecule has 1 aliphatic rings. The SMILES string of the molecule is O=C(O)CCc1cnnn1CC1CCCC1. The molecule has 1 aromatic rings. The number of aliphatic carboxylic acids is 1. The van der Waals surface area contributed by atoms with Gasteiger partial charge in [-0.3, -0.25) is 4.79 Å². The molecule has 0 radical (unpaired) electrons. The molecule has 0 atom stereocenters. The summed E-state index contributed by atoms with van der Waals surface area (Å²) >= 11 is 0. The lowest BCUT2D eigenvalue weighted by atomic mass is 10.1. The maximum atomic E-state index is 10.5. The van der Waals surface area contributed by atoms with E-state index in [1.54, 1.807) is 6.20 Å². The van der Waals surface area contributed by atoms with E-state index < -0.39 is 5.97 Å². The van der Waals surface area contributed by atoms with Crippen molar-refractivity contribution in [2.24, 2.45) is 5.92 Å². The molecule has 1 aliphatic carbocycles. The highest BCUT2D eigenvalue weighted by molar-refractivity contribution is 5.66. The van der Waals surface area contributed by atoms with E-state index in [1.165, 1.54) is 25.7 Å². The van der Waals surface area contributed by atoms with Gasteiger partial charge in [0.1, 0.15) is 0 Å². The van der Waals surface area contributed by atoms with Gasteiger partial charge in [-0.2, -0.15) is 0 Å². The van der Waals surface area contributed by atoms with Gasteiger partial charge in [0, 0.05) is 13.0 Å². The molecular weight excluding hydrogens is 206 g/mol. The van der Waals surface area contributed by atoms with Crippen LogP contribution in [0.15, 0.2) is 6.20 Å². The van der Waals surface area contributed by atoms with Crippen LogP contribution in [0.4, 0.5) is 0 Å². The number of aryl methyl sites for hydroxylation is 1. The number of carboxylic acid groups (broad SMARTS) is 1. The number of carbonyl (C=O) groups is 1. The van der Waals surface area contributed by atoms with Crippen LogP contribution in [-0.4, -0.2) is 26.1 Å². The zero-order chi connectivity index (χ0) is 11.4. The first-order chi connectivity index (χ1) is 7.75. The predicted molar refractivity (Wildman–Crippen MR) is 57.9 cm³/mol. The van der Waals surface area contributed by atoms with E-state index in [1.807, 2.05) is 4.68 Å². The molecule has 1 saturated carbocycles. The van der Waals surface area contributed by atoms with E-state index in [0.717, 1.165) is 12.2 Å². The maximum Gasteiger partial charge on any atom is 0.303 e. The minimum Gasteiger partial charge on any atom is -0.481 e. The highest BCUT2D eigenvalue weighted by Crippen LogP contribution is 2.26. The lowest BCUT2D eigenvalue weighted by molar-refractivity contribution is -0.136. The predicted octanol–water partition coefficient (Wildman–Crippen LogP) is 1.49. The van der Waals surface area contributed by atoms with Gasteiger partial charge >= 0.3 is 5.97 Å². The molecule has 5 nitrogen and oxygen atoms in total. The second-order valence-corrected chi connectivity index (χ2v) is 4.45. The molecule has 0 unspecified atom stereocenters. The largest absolute Gasteiger partial charge is 0.481 e. The Labute approximate surface area is 94.5 Å². The molecule has 0 aromatic carbocycles. The van der Waals surface area contributed by atoms with Crippen LogP contribution in [0.2, 0.25) is 0 Å². The van der Waals surface area contributed by atoms with Crippen molar-refractivity contribution in [1.82, 2.24) is 15.0 Å². The molecule has 1 fully saturated rings. The second-order valence-electron chi connectivity index (χ2n) is 4.45. The van der Waals surface area contributed by atoms with Gasteiger partial charge in [-0.1, -0.05) is 18.1 Å². The van der Waals surface area contributed by atoms with E-state index in [-0.39, 0.29) is 6.42 Å². The van der Waals surface area contributed by atoms with Crippen molar-refractivity contribution in [3.8, 4) is 0 Å². The van der Waals surface area contributed by atoms with E-state index in [9.17, 15) is 4.79 Å². The Kier molecular flexibility index (Phi) is 3.54. The molecule has 0 bridgehead atoms. The van der Waals surface area contributed by atoms with Crippen LogP contribution in [0, 0.1) is 5.92 Å². The Morgan fingerprint density at radius 1 is 1.50 bits per heavy atom. The molecule has 0 saturated heterocycles. The number of hydrogen-bond donors (Lipinski definition) is 1. The first-order valence-corrected chi connectivity index (χ1v) is 5.85. The van der Waals surface area contributed by atoms with Crippen molar-refractivity contribution in [2.75, 3.05) is 0 Å². The van der Waals surface area contributed by atoms with Gasteiger partial charge in [0.2, 0.25) is 0 Å². The zero-order valence-electron chi connectivity index (χ0n) is 9.30. The summed E-state index contributed by atoms with van der Waals surface area (Å²) in [5, 5.41) is 16.5. The summed E-state index contributed by atoms with van der Waals surface area (Å²) in [4.78, 5) is 10.5. The van der Waals surface area contributed by atoms with E-state index in [4.69, 9.17) is 5.11 Å². The standard InChI is InChI=1S/C11H17N3O2/c15-11(16)6-5-10-7-12-13-14(10)8-9-3-1-2-4-9/h7,9H,1-6,8H2,(H,15,16). The van der Waals surface area contributed by atoms with Crippen molar-refractivity contribution in [3.63, 3.8) is 0 Å². The van der Waals surface area contributed by atoms with E-state index in [2.05, 4.69) is 10.3 Å². The van der Waals surface area contributed by atoms with Crippen LogP contribution in [-0.2, 0) is 17.8 Å². The highest BCUT2D eigenvalue weighted by Gasteiger charge is 2.17. The smallest absolute Gasteiger partial charge is 0.303 e. The van der Waals surface area contributed by atoms with Crippen LogP contribution >= 0.6 is 0 Å². The fourth-order valence-corrected chi connectivity index (χ4v) is 2.30. The van der Waals surface area contributed by atoms with Crippen LogP contribution < -0.4 is 0 Å². The third-order valence-corrected chi connectivity index (χ3v) is 3.20. The average Bonchev–Trinajstić information content (AvgIpc) is 2.87. The Hall–Kier alpha value is -1.39. The summed E-state index contributed by atoms with van der Waals surface area (Å²) < 4.78 is 1.87. The van der Waals surface area contributed by atoms with Gasteiger partial charge in [0.25, 0.3) is 0 Å². The van der Waals surface area contributed by atoms with Gasteiger partial charge in [-0.15, -0.1) is 5.10 Å². The number of carboxylic acids is 1. The van der Waals surface area contributed by atoms with Gasteiger partial charge in [-0.05, 0) is 18.8 Å². The quantitative estimate of drug-likeness (QED) is 0.821. The number of hydrogen-bond acceptors (Lipinski definition) is 3. The van der Waals surface area contributed by atoms with Crippen LogP contribution in [0.3, 0.4) is 0 Å². The van der Waals surface area contributed by atoms with Gasteiger partial charge < -0.3 is 5.11 Å². The van der Waals surface area contributed by atoms with Gasteiger partial charge in [-0.25, -0.2) is 4.68 Å². The summed E-state index contributed by atoms with van der Waals surface area (Å²) in [5.41, 5.74) is 0.939. The van der Waals surface area contributed by atoms with Crippen LogP contribution in [0.1, 0.15) is 37.8 Å². The lowest BCUT2D eigenvalue weighted by Gasteiger charge is -2.10. The molecule has 1 aromatic heterocycles. The summed E-state index contributed by atoms with van der Waals surface area (Å²) in [6.07, 6.45) is 7.50. The summed E-state index contributed by atoms with van der Waals surface area (Å²) in [5.74, 6) is -0.0705. The van der Waals surface area contributed by atoms with Gasteiger partial charge in [0.15, 0.2) is 0 Å². The fraction of sp³-hybridized carbons (Fsp3) is 0.727. The lowest BCUT2D eigenvalue weighted by Crippen LogP contribution is -2.12. The average molecular weight is 223 g/mol. The topological polar surface area (TPSA) is 68.0 Å². The highest BCUT2D eigenvalue weighted by atomic mass is 16.4. The first-order valence-electron chi connectivity index (χ1n) is 5.85. The zero-order valence-corrected chi connectivity index (χ0v) is 9.30. The van der Waals surface area contributed by atoms with Gasteiger partial charge in [0.05, 0.1) is 18.3 Å². The fourth-order valence-electron chi connectivity index (χ4n) is 2.30. The molecule has 0 aliphatic heterocycles. The number of rotatable bonds is 5. The van der Waals surface area contributed by atoms with Crippen molar-refractivity contribution >= 4 is 5.97 Å². The third-order valence-electron chi connectivity index (χ3n) is 3.20. The summed E-state index contributed by atoms with van der Waals surface area (Å²) in [6.45, 7) is 0.898. The van der Waals surface area contributed by atoms with Crippen LogP contribution in [0.5, 0.6) is 0 Å². The minimum absolute atomic E-state index is 0.151. The van der Waals surface area contributed by atoms with E-state index >= 15 is 0 Å². The molecular formula is C11H17N3O2. The van der Waals surface area contributed by atoms with Crippen molar-refractivity contribution < 1.29 is 9.90 Å². The molecule has 16 heavy (non-hydrogen) atoms. The number of aromatic nitrogens is 3. The number of nitrogens with zero attached hydrogens (tertiary/aromatic N) is 3. The Morgan fingerprint density at radius 3 is 2.94 bits per heavy atom. The monoisotopic (exact) mass is 223 g/mol. The molecule has 88 valence electrons. The summed E-state index contributed by atoms with van der Waals surface area (Å²) in [7, 11) is 0. The van der Waals surface area contributed by atoms with Crippen LogP contribution in [0.25, 0.3) is 0 Å². The Bertz CT molecular complexity index is 356. The molecule has 0 spiro atoms. The Balaban J connectivity index is 1.92. The molecule has 1 heterocycles. The van der Waals surface area contributed by atoms with Crippen molar-refractivity contribution in [1.29, 1.82) is 0 Å². The van der Waals surface area contributed by atoms with Crippen molar-refractivity contribution in [2.45, 2.75) is 45.1 Å². The third kappa shape index (κ3) is 2.81. The normalized spacial score (nSPS) is 16.8.